The van der Waals surface area contributed by atoms with Gasteiger partial charge in [-0.3, -0.25) is 4.79 Å². The third-order valence-electron chi connectivity index (χ3n) is 6.78. The number of hydrogen-bond donors (Lipinski definition) is 0. The molecule has 23 heavy (non-hydrogen) atoms. The summed E-state index contributed by atoms with van der Waals surface area (Å²) in [6.45, 7) is 2.84. The average molecular weight is 332 g/mol. The predicted octanol–water partition coefficient (Wildman–Crippen LogP) is 3.81. The van der Waals surface area contributed by atoms with Crippen LogP contribution in [0.25, 0.3) is 0 Å². The highest BCUT2D eigenvalue weighted by Crippen LogP contribution is 2.59. The Bertz CT molecular complexity index is 660. The summed E-state index contributed by atoms with van der Waals surface area (Å²) >= 11 is 6.07. The van der Waals surface area contributed by atoms with Crippen LogP contribution >= 0.6 is 11.6 Å². The lowest BCUT2D eigenvalue weighted by Gasteiger charge is -2.52. The molecule has 2 aliphatic carbocycles. The number of amides is 1. The van der Waals surface area contributed by atoms with E-state index in [1.54, 1.807) is 0 Å². The van der Waals surface area contributed by atoms with Crippen molar-refractivity contribution in [3.8, 4) is 0 Å². The lowest BCUT2D eigenvalue weighted by molar-refractivity contribution is -0.223. The fourth-order valence-corrected chi connectivity index (χ4v) is 5.96. The van der Waals surface area contributed by atoms with Crippen LogP contribution in [0.3, 0.4) is 0 Å². The minimum atomic E-state index is -0.563. The molecule has 3 nitrogen and oxygen atoms in total. The summed E-state index contributed by atoms with van der Waals surface area (Å²) in [6.07, 6.45) is 4.64. The van der Waals surface area contributed by atoms with E-state index in [1.165, 1.54) is 19.3 Å². The second-order valence-corrected chi connectivity index (χ2v) is 8.34. The van der Waals surface area contributed by atoms with E-state index in [1.807, 2.05) is 31.2 Å². The molecule has 0 aromatic heterocycles. The molecule has 4 aliphatic rings. The highest BCUT2D eigenvalue weighted by molar-refractivity contribution is 6.30. The SMILES string of the molecule is C[C@@H]1C[C@@]2(c3ccc(Cl)cc3)OC[C@@H]3[C@H]4CC[C@H](C4)[C@@H]3N2C1=O. The van der Waals surface area contributed by atoms with Crippen LogP contribution in [0.15, 0.2) is 24.3 Å². The van der Waals surface area contributed by atoms with Gasteiger partial charge in [0, 0.05) is 34.9 Å². The second kappa shape index (κ2) is 4.73. The van der Waals surface area contributed by atoms with E-state index < -0.39 is 5.72 Å². The molecule has 2 aliphatic heterocycles. The summed E-state index contributed by atoms with van der Waals surface area (Å²) in [5.74, 6) is 2.29. The Labute approximate surface area is 141 Å². The molecule has 1 amide bonds. The van der Waals surface area contributed by atoms with Gasteiger partial charge in [-0.2, -0.15) is 0 Å². The van der Waals surface area contributed by atoms with E-state index in [0.29, 0.717) is 17.9 Å². The normalized spacial score (nSPS) is 44.5. The zero-order valence-corrected chi connectivity index (χ0v) is 14.1. The second-order valence-electron chi connectivity index (χ2n) is 7.90. The zero-order chi connectivity index (χ0) is 15.8. The number of benzene rings is 1. The Morgan fingerprint density at radius 1 is 1.22 bits per heavy atom. The number of hydrogen-bond acceptors (Lipinski definition) is 2. The first kappa shape index (κ1) is 14.3. The average Bonchev–Trinajstić information content (AvgIpc) is 3.22. The molecule has 122 valence electrons. The van der Waals surface area contributed by atoms with Crippen LogP contribution in [-0.2, 0) is 15.3 Å². The van der Waals surface area contributed by atoms with Crippen LogP contribution < -0.4 is 0 Å². The van der Waals surface area contributed by atoms with Crippen molar-refractivity contribution < 1.29 is 9.53 Å². The molecule has 4 heteroatoms. The molecule has 0 unspecified atom stereocenters. The highest BCUT2D eigenvalue weighted by Gasteiger charge is 2.63. The maximum Gasteiger partial charge on any atom is 0.228 e. The molecule has 5 rings (SSSR count). The van der Waals surface area contributed by atoms with Crippen LogP contribution in [0.1, 0.15) is 38.2 Å². The molecule has 2 saturated heterocycles. The van der Waals surface area contributed by atoms with Crippen molar-refractivity contribution in [3.05, 3.63) is 34.9 Å². The van der Waals surface area contributed by atoms with Gasteiger partial charge in [-0.1, -0.05) is 30.7 Å². The summed E-state index contributed by atoms with van der Waals surface area (Å²) in [5.41, 5.74) is 0.521. The van der Waals surface area contributed by atoms with Gasteiger partial charge in [-0.25, -0.2) is 0 Å². The van der Waals surface area contributed by atoms with E-state index in [9.17, 15) is 4.79 Å². The zero-order valence-electron chi connectivity index (χ0n) is 13.4. The minimum absolute atomic E-state index is 0.0311. The monoisotopic (exact) mass is 331 g/mol. The maximum atomic E-state index is 13.0. The number of carbonyl (C=O) groups is 1. The Morgan fingerprint density at radius 2 is 1.96 bits per heavy atom. The van der Waals surface area contributed by atoms with Crippen molar-refractivity contribution in [3.63, 3.8) is 0 Å². The molecule has 1 aromatic carbocycles. The lowest BCUT2D eigenvalue weighted by atomic mass is 9.81. The summed E-state index contributed by atoms with van der Waals surface area (Å²) in [6, 6.07) is 8.28. The third kappa shape index (κ3) is 1.78. The Kier molecular flexibility index (Phi) is 2.94. The van der Waals surface area contributed by atoms with Crippen molar-refractivity contribution in [2.45, 2.75) is 44.4 Å². The third-order valence-corrected chi connectivity index (χ3v) is 7.03. The van der Waals surface area contributed by atoms with Crippen molar-refractivity contribution in [2.24, 2.45) is 23.7 Å². The van der Waals surface area contributed by atoms with Gasteiger partial charge in [0.1, 0.15) is 0 Å². The van der Waals surface area contributed by atoms with Gasteiger partial charge in [0.05, 0.1) is 6.61 Å². The fourth-order valence-electron chi connectivity index (χ4n) is 5.83. The van der Waals surface area contributed by atoms with Crippen molar-refractivity contribution in [2.75, 3.05) is 6.61 Å². The van der Waals surface area contributed by atoms with Crippen LogP contribution in [-0.4, -0.2) is 23.5 Å². The van der Waals surface area contributed by atoms with Gasteiger partial charge < -0.3 is 9.64 Å². The number of carbonyl (C=O) groups excluding carboxylic acids is 1. The van der Waals surface area contributed by atoms with E-state index in [4.69, 9.17) is 16.3 Å². The topological polar surface area (TPSA) is 29.5 Å². The molecule has 2 bridgehead atoms. The van der Waals surface area contributed by atoms with Gasteiger partial charge >= 0.3 is 0 Å². The number of nitrogens with zero attached hydrogens (tertiary/aromatic N) is 1. The van der Waals surface area contributed by atoms with Crippen LogP contribution in [0.2, 0.25) is 5.02 Å². The van der Waals surface area contributed by atoms with Crippen molar-refractivity contribution in [1.29, 1.82) is 0 Å². The molecule has 4 fully saturated rings. The molecule has 6 atom stereocenters. The van der Waals surface area contributed by atoms with Gasteiger partial charge in [0.25, 0.3) is 0 Å². The number of rotatable bonds is 1. The fraction of sp³-hybridized carbons (Fsp3) is 0.632. The van der Waals surface area contributed by atoms with Gasteiger partial charge in [-0.05, 0) is 43.2 Å². The van der Waals surface area contributed by atoms with Crippen molar-refractivity contribution in [1.82, 2.24) is 4.90 Å². The summed E-state index contributed by atoms with van der Waals surface area (Å²) in [7, 11) is 0. The number of ether oxygens (including phenoxy) is 1. The van der Waals surface area contributed by atoms with E-state index >= 15 is 0 Å². The summed E-state index contributed by atoms with van der Waals surface area (Å²) in [5, 5.41) is 0.725. The van der Waals surface area contributed by atoms with Crippen LogP contribution in [0, 0.1) is 23.7 Å². The first-order valence-electron chi connectivity index (χ1n) is 8.83. The van der Waals surface area contributed by atoms with Crippen LogP contribution in [0.5, 0.6) is 0 Å². The highest BCUT2D eigenvalue weighted by atomic mass is 35.5. The molecule has 0 N–H and O–H groups in total. The standard InChI is InChI=1S/C19H22ClNO2/c1-11-9-19(14-4-6-15(20)7-5-14)21(18(11)22)17-13-3-2-12(8-13)16(17)10-23-19/h4-7,11-13,16-17H,2-3,8-10H2,1H3/t11-,12+,13-,16-,17+,19+/m1/s1. The molecular formula is C19H22ClNO2. The largest absolute Gasteiger partial charge is 0.351 e. The van der Waals surface area contributed by atoms with Gasteiger partial charge in [0.2, 0.25) is 5.91 Å². The van der Waals surface area contributed by atoms with Crippen molar-refractivity contribution >= 4 is 17.5 Å². The molecule has 0 spiro atoms. The smallest absolute Gasteiger partial charge is 0.228 e. The summed E-state index contributed by atoms with van der Waals surface area (Å²) in [4.78, 5) is 15.2. The van der Waals surface area contributed by atoms with E-state index in [-0.39, 0.29) is 11.8 Å². The summed E-state index contributed by atoms with van der Waals surface area (Å²) < 4.78 is 6.48. The number of fused-ring (bicyclic) bond motifs is 7. The molecule has 2 heterocycles. The van der Waals surface area contributed by atoms with E-state index in [0.717, 1.165) is 29.5 Å². The lowest BCUT2D eigenvalue weighted by Crippen LogP contribution is -2.60. The Hall–Kier alpha value is -1.06. The van der Waals surface area contributed by atoms with Gasteiger partial charge in [-0.15, -0.1) is 0 Å². The molecule has 2 saturated carbocycles. The first-order valence-corrected chi connectivity index (χ1v) is 9.21. The molecule has 1 aromatic rings. The molecular weight excluding hydrogens is 310 g/mol. The van der Waals surface area contributed by atoms with Crippen LogP contribution in [0.4, 0.5) is 0 Å². The quantitative estimate of drug-likeness (QED) is 0.783. The Morgan fingerprint density at radius 3 is 2.74 bits per heavy atom. The first-order chi connectivity index (χ1) is 11.1. The Balaban J connectivity index is 1.62. The minimum Gasteiger partial charge on any atom is -0.351 e. The number of halogens is 1. The van der Waals surface area contributed by atoms with Gasteiger partial charge in [0.15, 0.2) is 5.72 Å². The maximum absolute atomic E-state index is 13.0. The predicted molar refractivity (Wildman–Crippen MR) is 87.8 cm³/mol. The molecule has 0 radical (unpaired) electrons. The van der Waals surface area contributed by atoms with E-state index in [2.05, 4.69) is 4.90 Å².